The molecule has 18 heavy (non-hydrogen) atoms. The van der Waals surface area contributed by atoms with Crippen LogP contribution in [0.4, 0.5) is 11.6 Å². The highest BCUT2D eigenvalue weighted by Crippen LogP contribution is 2.36. The van der Waals surface area contributed by atoms with Crippen molar-refractivity contribution in [2.75, 3.05) is 17.3 Å². The van der Waals surface area contributed by atoms with E-state index >= 15 is 0 Å². The number of hydrogen-bond donors (Lipinski definition) is 3. The second-order valence-electron chi connectivity index (χ2n) is 5.14. The zero-order valence-corrected chi connectivity index (χ0v) is 11.2. The monoisotopic (exact) mass is 249 g/mol. The average molecular weight is 249 g/mol. The number of aryl methyl sites for hydroxylation is 1. The SMILES string of the molecule is CCCc1nc(NN)cc(NCC(C)C2CC2)n1. The van der Waals surface area contributed by atoms with Crippen LogP contribution < -0.4 is 16.6 Å². The van der Waals surface area contributed by atoms with Gasteiger partial charge in [-0.15, -0.1) is 0 Å². The molecule has 1 heterocycles. The van der Waals surface area contributed by atoms with Crippen molar-refractivity contribution in [1.29, 1.82) is 0 Å². The molecule has 1 aliphatic carbocycles. The second kappa shape index (κ2) is 6.00. The quantitative estimate of drug-likeness (QED) is 0.510. The largest absolute Gasteiger partial charge is 0.370 e. The lowest BCUT2D eigenvalue weighted by Gasteiger charge is -2.13. The molecular weight excluding hydrogens is 226 g/mol. The van der Waals surface area contributed by atoms with Gasteiger partial charge in [-0.05, 0) is 31.1 Å². The molecule has 1 unspecified atom stereocenters. The molecule has 2 rings (SSSR count). The molecule has 5 heteroatoms. The van der Waals surface area contributed by atoms with Gasteiger partial charge in [-0.3, -0.25) is 0 Å². The lowest BCUT2D eigenvalue weighted by Crippen LogP contribution is -2.16. The number of anilines is 2. The normalized spacial score (nSPS) is 16.4. The molecular formula is C13H23N5. The highest BCUT2D eigenvalue weighted by atomic mass is 15.3. The summed E-state index contributed by atoms with van der Waals surface area (Å²) >= 11 is 0. The van der Waals surface area contributed by atoms with Gasteiger partial charge < -0.3 is 10.7 Å². The number of nitrogens with two attached hydrogens (primary N) is 1. The first kappa shape index (κ1) is 13.1. The molecule has 1 aromatic rings. The maximum Gasteiger partial charge on any atom is 0.145 e. The van der Waals surface area contributed by atoms with E-state index in [1.807, 2.05) is 6.07 Å². The van der Waals surface area contributed by atoms with Crippen LogP contribution in [0, 0.1) is 11.8 Å². The van der Waals surface area contributed by atoms with Crippen LogP contribution in [0.5, 0.6) is 0 Å². The zero-order valence-electron chi connectivity index (χ0n) is 11.2. The highest BCUT2D eigenvalue weighted by molar-refractivity contribution is 5.46. The molecule has 0 saturated heterocycles. The van der Waals surface area contributed by atoms with Gasteiger partial charge in [-0.1, -0.05) is 13.8 Å². The first-order chi connectivity index (χ1) is 8.72. The third-order valence-electron chi connectivity index (χ3n) is 3.43. The minimum absolute atomic E-state index is 0.676. The summed E-state index contributed by atoms with van der Waals surface area (Å²) in [7, 11) is 0. The Bertz CT molecular complexity index is 389. The van der Waals surface area contributed by atoms with E-state index in [4.69, 9.17) is 5.84 Å². The molecule has 0 aromatic carbocycles. The first-order valence-corrected chi connectivity index (χ1v) is 6.81. The van der Waals surface area contributed by atoms with Gasteiger partial charge in [0.2, 0.25) is 0 Å². The fourth-order valence-corrected chi connectivity index (χ4v) is 2.09. The van der Waals surface area contributed by atoms with Gasteiger partial charge in [0.05, 0.1) is 0 Å². The Balaban J connectivity index is 1.98. The Kier molecular flexibility index (Phi) is 4.36. The van der Waals surface area contributed by atoms with Gasteiger partial charge in [0.1, 0.15) is 17.5 Å². The van der Waals surface area contributed by atoms with E-state index in [0.29, 0.717) is 11.7 Å². The second-order valence-corrected chi connectivity index (χ2v) is 5.14. The van der Waals surface area contributed by atoms with E-state index in [1.54, 1.807) is 0 Å². The third kappa shape index (κ3) is 3.57. The summed E-state index contributed by atoms with van der Waals surface area (Å²) in [5, 5.41) is 3.39. The van der Waals surface area contributed by atoms with Crippen molar-refractivity contribution >= 4 is 11.6 Å². The molecule has 0 amide bonds. The van der Waals surface area contributed by atoms with Crippen molar-refractivity contribution < 1.29 is 0 Å². The van der Waals surface area contributed by atoms with E-state index in [9.17, 15) is 0 Å². The molecule has 1 fully saturated rings. The van der Waals surface area contributed by atoms with Crippen LogP contribution in [0.1, 0.15) is 38.9 Å². The fraction of sp³-hybridized carbons (Fsp3) is 0.692. The van der Waals surface area contributed by atoms with Crippen molar-refractivity contribution in [3.63, 3.8) is 0 Å². The average Bonchev–Trinajstić information content (AvgIpc) is 3.20. The van der Waals surface area contributed by atoms with Crippen LogP contribution in [0.15, 0.2) is 6.07 Å². The van der Waals surface area contributed by atoms with Crippen molar-refractivity contribution in [2.45, 2.75) is 39.5 Å². The summed E-state index contributed by atoms with van der Waals surface area (Å²) in [4.78, 5) is 8.83. The third-order valence-corrected chi connectivity index (χ3v) is 3.43. The predicted octanol–water partition coefficient (Wildman–Crippen LogP) is 2.17. The Morgan fingerprint density at radius 1 is 1.39 bits per heavy atom. The maximum absolute atomic E-state index is 5.43. The minimum Gasteiger partial charge on any atom is -0.370 e. The molecule has 0 bridgehead atoms. The molecule has 1 aromatic heterocycles. The lowest BCUT2D eigenvalue weighted by molar-refractivity contribution is 0.535. The zero-order chi connectivity index (χ0) is 13.0. The lowest BCUT2D eigenvalue weighted by atomic mass is 10.1. The van der Waals surface area contributed by atoms with Crippen molar-refractivity contribution in [2.24, 2.45) is 17.7 Å². The molecule has 4 N–H and O–H groups in total. The van der Waals surface area contributed by atoms with E-state index < -0.39 is 0 Å². The van der Waals surface area contributed by atoms with Gasteiger partial charge in [0, 0.05) is 19.0 Å². The van der Waals surface area contributed by atoms with Gasteiger partial charge in [0.25, 0.3) is 0 Å². The Morgan fingerprint density at radius 2 is 2.11 bits per heavy atom. The number of nitrogens with one attached hydrogen (secondary N) is 2. The summed E-state index contributed by atoms with van der Waals surface area (Å²) < 4.78 is 0. The number of hydrogen-bond acceptors (Lipinski definition) is 5. The molecule has 1 saturated carbocycles. The maximum atomic E-state index is 5.43. The van der Waals surface area contributed by atoms with Crippen LogP contribution in [0.25, 0.3) is 0 Å². The molecule has 0 radical (unpaired) electrons. The predicted molar refractivity (Wildman–Crippen MR) is 74.2 cm³/mol. The van der Waals surface area contributed by atoms with Crippen molar-refractivity contribution in [3.8, 4) is 0 Å². The van der Waals surface area contributed by atoms with E-state index in [2.05, 4.69) is 34.6 Å². The number of rotatable bonds is 7. The molecule has 1 atom stereocenters. The molecule has 100 valence electrons. The topological polar surface area (TPSA) is 75.9 Å². The van der Waals surface area contributed by atoms with Crippen molar-refractivity contribution in [3.05, 3.63) is 11.9 Å². The van der Waals surface area contributed by atoms with Crippen LogP contribution in [0.2, 0.25) is 0 Å². The van der Waals surface area contributed by atoms with Crippen molar-refractivity contribution in [1.82, 2.24) is 9.97 Å². The Hall–Kier alpha value is -1.36. The van der Waals surface area contributed by atoms with E-state index in [0.717, 1.165) is 36.9 Å². The summed E-state index contributed by atoms with van der Waals surface area (Å²) in [6, 6.07) is 1.86. The molecule has 0 aliphatic heterocycles. The standard InChI is InChI=1S/C13H23N5/c1-3-4-11-16-12(7-13(17-11)18-14)15-8-9(2)10-5-6-10/h7,9-10H,3-6,8,14H2,1-2H3,(H2,15,16,17,18). The van der Waals surface area contributed by atoms with Gasteiger partial charge >= 0.3 is 0 Å². The van der Waals surface area contributed by atoms with Gasteiger partial charge in [-0.2, -0.15) is 0 Å². The van der Waals surface area contributed by atoms with E-state index in [1.165, 1.54) is 12.8 Å². The summed E-state index contributed by atoms with van der Waals surface area (Å²) in [5.74, 6) is 9.43. The number of aromatic nitrogens is 2. The van der Waals surface area contributed by atoms with Crippen LogP contribution in [0.3, 0.4) is 0 Å². The van der Waals surface area contributed by atoms with Crippen LogP contribution >= 0.6 is 0 Å². The number of nitrogens with zero attached hydrogens (tertiary/aromatic N) is 2. The molecule has 0 spiro atoms. The summed E-state index contributed by atoms with van der Waals surface area (Å²) in [6.45, 7) is 5.38. The summed E-state index contributed by atoms with van der Waals surface area (Å²) in [6.07, 6.45) is 4.67. The van der Waals surface area contributed by atoms with Gasteiger partial charge in [-0.25, -0.2) is 15.8 Å². The smallest absolute Gasteiger partial charge is 0.145 e. The van der Waals surface area contributed by atoms with E-state index in [-0.39, 0.29) is 0 Å². The summed E-state index contributed by atoms with van der Waals surface area (Å²) in [5.41, 5.74) is 2.60. The Morgan fingerprint density at radius 3 is 2.72 bits per heavy atom. The van der Waals surface area contributed by atoms with Crippen LogP contribution in [-0.2, 0) is 6.42 Å². The minimum atomic E-state index is 0.676. The number of hydrazine groups is 1. The Labute approximate surface area is 109 Å². The first-order valence-electron chi connectivity index (χ1n) is 6.81. The number of nitrogen functional groups attached to an aromatic ring is 1. The van der Waals surface area contributed by atoms with Crippen LogP contribution in [-0.4, -0.2) is 16.5 Å². The highest BCUT2D eigenvalue weighted by Gasteiger charge is 2.27. The fourth-order valence-electron chi connectivity index (χ4n) is 2.09. The van der Waals surface area contributed by atoms with Gasteiger partial charge in [0.15, 0.2) is 0 Å². The molecule has 5 nitrogen and oxygen atoms in total. The molecule has 1 aliphatic rings.